The van der Waals surface area contributed by atoms with Gasteiger partial charge < -0.3 is 14.8 Å². The lowest BCUT2D eigenvalue weighted by molar-refractivity contribution is 0.352. The van der Waals surface area contributed by atoms with Gasteiger partial charge in [0, 0.05) is 12.6 Å². The normalized spacial score (nSPS) is 17.6. The summed E-state index contributed by atoms with van der Waals surface area (Å²) in [6, 6.07) is 7.07. The van der Waals surface area contributed by atoms with Crippen molar-refractivity contribution in [3.05, 3.63) is 23.8 Å². The molecule has 1 aliphatic carbocycles. The Bertz CT molecular complexity index is 429. The highest BCUT2D eigenvalue weighted by Gasteiger charge is 2.25. The molecule has 2 unspecified atom stereocenters. The van der Waals surface area contributed by atoms with Gasteiger partial charge in [-0.2, -0.15) is 0 Å². The van der Waals surface area contributed by atoms with Gasteiger partial charge in [0.15, 0.2) is 11.5 Å². The van der Waals surface area contributed by atoms with E-state index in [4.69, 9.17) is 9.47 Å². The van der Waals surface area contributed by atoms with Gasteiger partial charge in [-0.3, -0.25) is 0 Å². The number of hydrogen-bond donors (Lipinski definition) is 1. The van der Waals surface area contributed by atoms with Gasteiger partial charge in [-0.25, -0.2) is 0 Å². The smallest absolute Gasteiger partial charge is 0.160 e. The summed E-state index contributed by atoms with van der Waals surface area (Å²) in [5.74, 6) is 2.80. The fraction of sp³-hybridized carbons (Fsp3) is 0.647. The first-order valence-corrected chi connectivity index (χ1v) is 7.64. The van der Waals surface area contributed by atoms with Crippen molar-refractivity contribution in [1.82, 2.24) is 5.32 Å². The van der Waals surface area contributed by atoms with Crippen LogP contribution in [0, 0.1) is 5.92 Å². The average molecular weight is 277 g/mol. The molecule has 1 N–H and O–H groups in total. The molecule has 3 nitrogen and oxygen atoms in total. The monoisotopic (exact) mass is 277 g/mol. The van der Waals surface area contributed by atoms with Crippen LogP contribution in [0.4, 0.5) is 0 Å². The third kappa shape index (κ3) is 3.66. The molecule has 0 heterocycles. The van der Waals surface area contributed by atoms with Crippen LogP contribution >= 0.6 is 0 Å². The Balaban J connectivity index is 2.17. The number of methoxy groups -OCH3 is 2. The van der Waals surface area contributed by atoms with Gasteiger partial charge in [0.05, 0.1) is 14.2 Å². The predicted octanol–water partition coefficient (Wildman–Crippen LogP) is 3.59. The third-order valence-electron chi connectivity index (χ3n) is 4.37. The van der Waals surface area contributed by atoms with E-state index in [1.54, 1.807) is 14.2 Å². The predicted molar refractivity (Wildman–Crippen MR) is 82.8 cm³/mol. The maximum Gasteiger partial charge on any atom is 0.160 e. The summed E-state index contributed by atoms with van der Waals surface area (Å²) in [6.45, 7) is 5.64. The lowest BCUT2D eigenvalue weighted by Crippen LogP contribution is -2.27. The van der Waals surface area contributed by atoms with Crippen LogP contribution in [-0.4, -0.2) is 26.8 Å². The number of ether oxygens (including phenoxy) is 2. The van der Waals surface area contributed by atoms with Crippen molar-refractivity contribution in [2.75, 3.05) is 20.8 Å². The number of hydrogen-bond acceptors (Lipinski definition) is 3. The molecule has 0 amide bonds. The number of rotatable bonds is 8. The Morgan fingerprint density at radius 2 is 1.90 bits per heavy atom. The fourth-order valence-corrected chi connectivity index (χ4v) is 2.60. The highest BCUT2D eigenvalue weighted by molar-refractivity contribution is 5.44. The lowest BCUT2D eigenvalue weighted by Gasteiger charge is -2.25. The van der Waals surface area contributed by atoms with Crippen LogP contribution in [0.1, 0.15) is 44.6 Å². The van der Waals surface area contributed by atoms with Crippen LogP contribution in [-0.2, 0) is 0 Å². The van der Waals surface area contributed by atoms with E-state index in [0.29, 0.717) is 11.8 Å². The Kier molecular flexibility index (Phi) is 5.30. The van der Waals surface area contributed by atoms with Gasteiger partial charge in [-0.1, -0.05) is 26.3 Å². The Hall–Kier alpha value is -1.22. The van der Waals surface area contributed by atoms with E-state index in [-0.39, 0.29) is 0 Å². The minimum absolute atomic E-state index is 0.528. The number of nitrogens with one attached hydrogen (secondary N) is 1. The molecule has 2 atom stereocenters. The van der Waals surface area contributed by atoms with Crippen LogP contribution in [0.25, 0.3) is 0 Å². The standard InChI is InChI=1S/C17H27NO2/c1-5-12(2)15(11-18-14-7-8-14)13-6-9-16(19-3)17(10-13)20-4/h6,9-10,12,14-15,18H,5,7-8,11H2,1-4H3. The fourth-order valence-electron chi connectivity index (χ4n) is 2.60. The molecule has 1 fully saturated rings. The molecular weight excluding hydrogens is 250 g/mol. The summed E-state index contributed by atoms with van der Waals surface area (Å²) >= 11 is 0. The van der Waals surface area contributed by atoms with Gasteiger partial charge in [0.25, 0.3) is 0 Å². The second kappa shape index (κ2) is 6.98. The van der Waals surface area contributed by atoms with E-state index in [1.165, 1.54) is 24.8 Å². The minimum Gasteiger partial charge on any atom is -0.493 e. The van der Waals surface area contributed by atoms with E-state index in [1.807, 2.05) is 6.07 Å². The molecule has 1 saturated carbocycles. The molecule has 0 aliphatic heterocycles. The molecule has 0 radical (unpaired) electrons. The zero-order valence-electron chi connectivity index (χ0n) is 13.1. The molecule has 0 saturated heterocycles. The van der Waals surface area contributed by atoms with E-state index in [9.17, 15) is 0 Å². The van der Waals surface area contributed by atoms with E-state index >= 15 is 0 Å². The van der Waals surface area contributed by atoms with Crippen molar-refractivity contribution in [1.29, 1.82) is 0 Å². The molecular formula is C17H27NO2. The van der Waals surface area contributed by atoms with E-state index < -0.39 is 0 Å². The molecule has 0 bridgehead atoms. The van der Waals surface area contributed by atoms with Crippen molar-refractivity contribution in [3.63, 3.8) is 0 Å². The van der Waals surface area contributed by atoms with Crippen LogP contribution in [0.15, 0.2) is 18.2 Å². The largest absolute Gasteiger partial charge is 0.493 e. The summed E-state index contributed by atoms with van der Waals surface area (Å²) in [4.78, 5) is 0. The molecule has 1 aromatic carbocycles. The van der Waals surface area contributed by atoms with Gasteiger partial charge >= 0.3 is 0 Å². The van der Waals surface area contributed by atoms with Crippen LogP contribution in [0.5, 0.6) is 11.5 Å². The highest BCUT2D eigenvalue weighted by atomic mass is 16.5. The first kappa shape index (κ1) is 15.2. The van der Waals surface area contributed by atoms with Crippen molar-refractivity contribution in [2.45, 2.75) is 45.1 Å². The maximum absolute atomic E-state index is 5.43. The van der Waals surface area contributed by atoms with Gasteiger partial charge in [0.1, 0.15) is 0 Å². The van der Waals surface area contributed by atoms with Crippen LogP contribution in [0.2, 0.25) is 0 Å². The summed E-state index contributed by atoms with van der Waals surface area (Å²) in [5.41, 5.74) is 1.34. The van der Waals surface area contributed by atoms with E-state index in [2.05, 4.69) is 31.3 Å². The molecule has 112 valence electrons. The molecule has 20 heavy (non-hydrogen) atoms. The Morgan fingerprint density at radius 3 is 2.45 bits per heavy atom. The molecule has 0 spiro atoms. The zero-order valence-corrected chi connectivity index (χ0v) is 13.1. The topological polar surface area (TPSA) is 30.5 Å². The molecule has 2 rings (SSSR count). The van der Waals surface area contributed by atoms with Crippen molar-refractivity contribution in [3.8, 4) is 11.5 Å². The third-order valence-corrected chi connectivity index (χ3v) is 4.37. The van der Waals surface area contributed by atoms with Crippen molar-refractivity contribution in [2.24, 2.45) is 5.92 Å². The summed E-state index contributed by atoms with van der Waals surface area (Å²) in [6.07, 6.45) is 3.85. The minimum atomic E-state index is 0.528. The highest BCUT2D eigenvalue weighted by Crippen LogP contribution is 2.34. The van der Waals surface area contributed by atoms with E-state index in [0.717, 1.165) is 24.1 Å². The SMILES string of the molecule is CCC(C)C(CNC1CC1)c1ccc(OC)c(OC)c1. The lowest BCUT2D eigenvalue weighted by atomic mass is 9.85. The molecule has 0 aromatic heterocycles. The molecule has 3 heteroatoms. The van der Waals surface area contributed by atoms with Gasteiger partial charge in [0.2, 0.25) is 0 Å². The second-order valence-corrected chi connectivity index (χ2v) is 5.79. The van der Waals surface area contributed by atoms with Crippen molar-refractivity contribution < 1.29 is 9.47 Å². The maximum atomic E-state index is 5.43. The van der Waals surface area contributed by atoms with Crippen LogP contribution < -0.4 is 14.8 Å². The summed E-state index contributed by atoms with van der Waals surface area (Å²) in [5, 5.41) is 3.66. The second-order valence-electron chi connectivity index (χ2n) is 5.79. The van der Waals surface area contributed by atoms with Gasteiger partial charge in [-0.15, -0.1) is 0 Å². The first-order valence-electron chi connectivity index (χ1n) is 7.64. The Labute approximate surface area is 122 Å². The Morgan fingerprint density at radius 1 is 1.20 bits per heavy atom. The number of benzene rings is 1. The van der Waals surface area contributed by atoms with Crippen molar-refractivity contribution >= 4 is 0 Å². The quantitative estimate of drug-likeness (QED) is 0.787. The summed E-state index contributed by atoms with van der Waals surface area (Å²) in [7, 11) is 3.38. The molecule has 1 aromatic rings. The van der Waals surface area contributed by atoms with Gasteiger partial charge in [-0.05, 0) is 42.4 Å². The molecule has 1 aliphatic rings. The van der Waals surface area contributed by atoms with Crippen LogP contribution in [0.3, 0.4) is 0 Å². The first-order chi connectivity index (χ1) is 9.69. The summed E-state index contributed by atoms with van der Waals surface area (Å²) < 4.78 is 10.8. The average Bonchev–Trinajstić information content (AvgIpc) is 3.31. The zero-order chi connectivity index (χ0) is 14.5.